The quantitative estimate of drug-likeness (QED) is 0.373. The second kappa shape index (κ2) is 8.24. The predicted molar refractivity (Wildman–Crippen MR) is 131 cm³/mol. The Labute approximate surface area is 188 Å². The molecule has 0 saturated heterocycles. The molecule has 0 aliphatic heterocycles. The van der Waals surface area contributed by atoms with E-state index in [-0.39, 0.29) is 16.9 Å². The Hall–Kier alpha value is -4.04. The summed E-state index contributed by atoms with van der Waals surface area (Å²) in [6.45, 7) is 0. The number of allylic oxidation sites excluding steroid dienone is 4. The van der Waals surface area contributed by atoms with Gasteiger partial charge in [0.1, 0.15) is 11.5 Å². The molecule has 156 valence electrons. The lowest BCUT2D eigenvalue weighted by atomic mass is 9.69. The maximum Gasteiger partial charge on any atom is 0.116 e. The van der Waals surface area contributed by atoms with Gasteiger partial charge in [-0.25, -0.2) is 0 Å². The number of rotatable bonds is 4. The molecule has 0 heterocycles. The number of hydrogen-bond acceptors (Lipinski definition) is 2. The topological polar surface area (TPSA) is 40.5 Å². The van der Waals surface area contributed by atoms with E-state index in [0.29, 0.717) is 0 Å². The summed E-state index contributed by atoms with van der Waals surface area (Å²) in [7, 11) is 0. The van der Waals surface area contributed by atoms with Crippen LogP contribution in [0.1, 0.15) is 23.1 Å². The minimum atomic E-state index is -0.314. The predicted octanol–water partition coefficient (Wildman–Crippen LogP) is 7.09. The highest BCUT2D eigenvalue weighted by atomic mass is 16.3. The van der Waals surface area contributed by atoms with E-state index in [1.807, 2.05) is 30.3 Å². The summed E-state index contributed by atoms with van der Waals surface area (Å²) in [5, 5.41) is 19.9. The fourth-order valence-corrected chi connectivity index (χ4v) is 4.51. The zero-order chi connectivity index (χ0) is 22.0. The molecule has 4 aromatic rings. The molecule has 0 spiro atoms. The summed E-state index contributed by atoms with van der Waals surface area (Å²) >= 11 is 0. The van der Waals surface area contributed by atoms with Gasteiger partial charge < -0.3 is 10.2 Å². The van der Waals surface area contributed by atoms with Gasteiger partial charge in [0.15, 0.2) is 0 Å². The third-order valence-corrected chi connectivity index (χ3v) is 6.24. The summed E-state index contributed by atoms with van der Waals surface area (Å²) < 4.78 is 0. The molecular weight excluding hydrogens is 392 g/mol. The minimum absolute atomic E-state index is 0.272. The van der Waals surface area contributed by atoms with Crippen molar-refractivity contribution < 1.29 is 10.2 Å². The van der Waals surface area contributed by atoms with Crippen LogP contribution in [-0.2, 0) is 5.41 Å². The van der Waals surface area contributed by atoms with Crippen molar-refractivity contribution in [3.05, 3.63) is 138 Å². The first kappa shape index (κ1) is 19.9. The number of aromatic hydroxyl groups is 2. The summed E-state index contributed by atoms with van der Waals surface area (Å²) in [5.74, 6) is 0.553. The molecule has 2 heteroatoms. The molecule has 5 rings (SSSR count). The fourth-order valence-electron chi connectivity index (χ4n) is 4.51. The third kappa shape index (κ3) is 3.72. The smallest absolute Gasteiger partial charge is 0.116 e. The van der Waals surface area contributed by atoms with Crippen LogP contribution in [0.5, 0.6) is 11.5 Å². The number of hydrogen-bond donors (Lipinski definition) is 2. The molecule has 2 N–H and O–H groups in total. The molecule has 0 amide bonds. The Kier molecular flexibility index (Phi) is 5.12. The van der Waals surface area contributed by atoms with E-state index in [9.17, 15) is 10.2 Å². The molecule has 0 aromatic heterocycles. The van der Waals surface area contributed by atoms with Crippen molar-refractivity contribution in [2.75, 3.05) is 0 Å². The molecule has 2 nitrogen and oxygen atoms in total. The maximum absolute atomic E-state index is 10.1. The number of benzene rings is 4. The molecule has 1 aliphatic carbocycles. The number of phenolic OH excluding ortho intramolecular Hbond substituents is 2. The van der Waals surface area contributed by atoms with Crippen molar-refractivity contribution in [2.24, 2.45) is 0 Å². The van der Waals surface area contributed by atoms with Crippen LogP contribution >= 0.6 is 0 Å². The summed E-state index contributed by atoms with van der Waals surface area (Å²) in [4.78, 5) is 0. The van der Waals surface area contributed by atoms with E-state index in [1.165, 1.54) is 11.1 Å². The van der Waals surface area contributed by atoms with Gasteiger partial charge in [0, 0.05) is 5.41 Å². The average Bonchev–Trinajstić information content (AvgIpc) is 2.85. The van der Waals surface area contributed by atoms with E-state index < -0.39 is 0 Å². The van der Waals surface area contributed by atoms with E-state index in [0.717, 1.165) is 28.7 Å². The van der Waals surface area contributed by atoms with E-state index in [4.69, 9.17) is 0 Å². The zero-order valence-electron chi connectivity index (χ0n) is 17.6. The minimum Gasteiger partial charge on any atom is -0.508 e. The molecule has 1 unspecified atom stereocenters. The lowest BCUT2D eigenvalue weighted by Crippen LogP contribution is -2.26. The second-order valence-corrected chi connectivity index (χ2v) is 8.21. The molecule has 4 aromatic carbocycles. The van der Waals surface area contributed by atoms with Crippen molar-refractivity contribution in [2.45, 2.75) is 11.8 Å². The normalized spacial score (nSPS) is 17.7. The Balaban J connectivity index is 1.48. The molecule has 32 heavy (non-hydrogen) atoms. The van der Waals surface area contributed by atoms with Crippen LogP contribution in [-0.4, -0.2) is 10.2 Å². The maximum atomic E-state index is 10.1. The Morgan fingerprint density at radius 1 is 0.562 bits per heavy atom. The first-order valence-corrected chi connectivity index (χ1v) is 10.8. The van der Waals surface area contributed by atoms with Crippen LogP contribution in [0.15, 0.2) is 121 Å². The molecule has 0 saturated carbocycles. The van der Waals surface area contributed by atoms with Crippen molar-refractivity contribution in [1.82, 2.24) is 0 Å². The lowest BCUT2D eigenvalue weighted by Gasteiger charge is -2.34. The fraction of sp³-hybridized carbons (Fsp3) is 0.0667. The van der Waals surface area contributed by atoms with Crippen LogP contribution in [0.3, 0.4) is 0 Å². The van der Waals surface area contributed by atoms with Crippen LogP contribution in [0, 0.1) is 0 Å². The lowest BCUT2D eigenvalue weighted by molar-refractivity contribution is 0.472. The molecule has 0 fully saturated rings. The molecule has 1 atom stereocenters. The van der Waals surface area contributed by atoms with Gasteiger partial charge in [0.2, 0.25) is 0 Å². The number of phenols is 2. The van der Waals surface area contributed by atoms with Gasteiger partial charge in [0.05, 0.1) is 0 Å². The van der Waals surface area contributed by atoms with Crippen LogP contribution in [0.25, 0.3) is 16.7 Å². The van der Waals surface area contributed by atoms with Crippen molar-refractivity contribution >= 4 is 5.57 Å². The molecule has 0 bridgehead atoms. The zero-order valence-corrected chi connectivity index (χ0v) is 17.6. The van der Waals surface area contributed by atoms with Gasteiger partial charge in [-0.1, -0.05) is 97.1 Å². The van der Waals surface area contributed by atoms with Crippen LogP contribution in [0.2, 0.25) is 0 Å². The highest BCUT2D eigenvalue weighted by molar-refractivity contribution is 5.78. The van der Waals surface area contributed by atoms with Gasteiger partial charge in [0.25, 0.3) is 0 Å². The third-order valence-electron chi connectivity index (χ3n) is 6.24. The van der Waals surface area contributed by atoms with Gasteiger partial charge in [-0.05, 0) is 64.1 Å². The van der Waals surface area contributed by atoms with E-state index >= 15 is 0 Å². The van der Waals surface area contributed by atoms with Crippen molar-refractivity contribution in [1.29, 1.82) is 0 Å². The van der Waals surface area contributed by atoms with Crippen molar-refractivity contribution in [3.8, 4) is 22.6 Å². The van der Waals surface area contributed by atoms with Gasteiger partial charge >= 0.3 is 0 Å². The molecule has 0 radical (unpaired) electrons. The van der Waals surface area contributed by atoms with Crippen LogP contribution < -0.4 is 0 Å². The second-order valence-electron chi connectivity index (χ2n) is 8.21. The highest BCUT2D eigenvalue weighted by Gasteiger charge is 2.32. The van der Waals surface area contributed by atoms with Crippen LogP contribution in [0.4, 0.5) is 0 Å². The average molecular weight is 417 g/mol. The van der Waals surface area contributed by atoms with E-state index in [1.54, 1.807) is 18.2 Å². The van der Waals surface area contributed by atoms with E-state index in [2.05, 4.69) is 72.8 Å². The van der Waals surface area contributed by atoms with Gasteiger partial charge in [-0.2, -0.15) is 0 Å². The Morgan fingerprint density at radius 3 is 1.88 bits per heavy atom. The first-order valence-electron chi connectivity index (χ1n) is 10.8. The SMILES string of the molecule is Oc1cccc(-c2ccc(C3=CCC(c4ccccc4)(c4cccc(O)c4)C=C3)cc2)c1. The summed E-state index contributed by atoms with van der Waals surface area (Å²) in [5.41, 5.74) is 6.37. The Bertz CT molecular complexity index is 1300. The molecule has 1 aliphatic rings. The summed E-state index contributed by atoms with van der Waals surface area (Å²) in [6, 6.07) is 33.8. The largest absolute Gasteiger partial charge is 0.508 e. The first-order chi connectivity index (χ1) is 15.6. The Morgan fingerprint density at radius 2 is 1.22 bits per heavy atom. The van der Waals surface area contributed by atoms with Gasteiger partial charge in [-0.3, -0.25) is 0 Å². The van der Waals surface area contributed by atoms with Gasteiger partial charge in [-0.15, -0.1) is 0 Å². The standard InChI is InChI=1S/C30H24O2/c31-28-10-4-6-25(20-28)23-14-12-22(13-15-23)24-16-18-30(19-17-24,26-7-2-1-3-8-26)27-9-5-11-29(32)21-27/h1-18,20-21,31-32H,19H2. The molecular formula is C30H24O2. The highest BCUT2D eigenvalue weighted by Crippen LogP contribution is 2.42. The summed E-state index contributed by atoms with van der Waals surface area (Å²) in [6.07, 6.45) is 7.53. The van der Waals surface area contributed by atoms with Crippen molar-refractivity contribution in [3.63, 3.8) is 0 Å². The monoisotopic (exact) mass is 416 g/mol.